The molecule has 11 heteroatoms. The number of rotatable bonds is 6. The molecule has 8 nitrogen and oxygen atoms in total. The highest BCUT2D eigenvalue weighted by atomic mass is 32.2. The maximum atomic E-state index is 15.6. The van der Waals surface area contributed by atoms with Gasteiger partial charge < -0.3 is 5.11 Å². The lowest BCUT2D eigenvalue weighted by Crippen LogP contribution is -2.56. The van der Waals surface area contributed by atoms with E-state index < -0.39 is 43.6 Å². The van der Waals surface area contributed by atoms with Crippen molar-refractivity contribution in [3.63, 3.8) is 0 Å². The summed E-state index contributed by atoms with van der Waals surface area (Å²) < 4.78 is 60.7. The quantitative estimate of drug-likeness (QED) is 0.506. The number of nitrogens with one attached hydrogen (secondary N) is 1. The Morgan fingerprint density at radius 3 is 2.46 bits per heavy atom. The molecule has 2 aliphatic rings. The van der Waals surface area contributed by atoms with Gasteiger partial charge in [0.1, 0.15) is 23.2 Å². The molecule has 1 unspecified atom stereocenters. The van der Waals surface area contributed by atoms with Crippen LogP contribution in [0.1, 0.15) is 61.5 Å². The second-order valence-electron chi connectivity index (χ2n) is 10.8. The maximum Gasteiger partial charge on any atom is 0.343 e. The van der Waals surface area contributed by atoms with Gasteiger partial charge in [0, 0.05) is 30.1 Å². The maximum absolute atomic E-state index is 15.6. The molecule has 0 radical (unpaired) electrons. The number of nitrogens with zero attached hydrogens (tertiary/aromatic N) is 3. The van der Waals surface area contributed by atoms with E-state index in [-0.39, 0.29) is 43.1 Å². The molecule has 2 heterocycles. The molecule has 5 rings (SSSR count). The van der Waals surface area contributed by atoms with Crippen LogP contribution in [0.15, 0.2) is 53.6 Å². The minimum absolute atomic E-state index is 0.0183. The monoisotopic (exact) mass is 532 g/mol. The predicted molar refractivity (Wildman–Crippen MR) is 133 cm³/mol. The summed E-state index contributed by atoms with van der Waals surface area (Å²) in [4.78, 5) is 12.0. The van der Waals surface area contributed by atoms with Gasteiger partial charge in [0.05, 0.1) is 5.60 Å². The molecule has 0 amide bonds. The lowest BCUT2D eigenvalue weighted by atomic mass is 9.56. The van der Waals surface area contributed by atoms with E-state index in [9.17, 15) is 18.3 Å². The Kier molecular flexibility index (Phi) is 6.36. The molecule has 2 fully saturated rings. The third-order valence-electron chi connectivity index (χ3n) is 7.76. The van der Waals surface area contributed by atoms with Crippen molar-refractivity contribution in [1.82, 2.24) is 19.1 Å². The third kappa shape index (κ3) is 4.64. The van der Waals surface area contributed by atoms with Gasteiger partial charge in [-0.05, 0) is 62.8 Å². The minimum atomic E-state index is -3.82. The summed E-state index contributed by atoms with van der Waals surface area (Å²) in [6.07, 6.45) is 2.59. The summed E-state index contributed by atoms with van der Waals surface area (Å²) in [5.74, 6) is -1.43. The van der Waals surface area contributed by atoms with Crippen LogP contribution < -0.4 is 5.69 Å². The zero-order chi connectivity index (χ0) is 26.6. The fourth-order valence-electron chi connectivity index (χ4n) is 6.14. The lowest BCUT2D eigenvalue weighted by Gasteiger charge is -2.52. The normalized spacial score (nSPS) is 29.6. The van der Waals surface area contributed by atoms with Crippen molar-refractivity contribution in [2.45, 2.75) is 74.9 Å². The molecule has 1 aromatic heterocycles. The van der Waals surface area contributed by atoms with E-state index >= 15 is 8.78 Å². The average Bonchev–Trinajstić information content (AvgIpc) is 3.21. The van der Waals surface area contributed by atoms with E-state index in [4.69, 9.17) is 0 Å². The minimum Gasteiger partial charge on any atom is -0.390 e. The second kappa shape index (κ2) is 9.14. The first kappa shape index (κ1) is 25.7. The van der Waals surface area contributed by atoms with Crippen LogP contribution in [0.5, 0.6) is 0 Å². The molecular formula is C26H30F2N4O4S. The van der Waals surface area contributed by atoms with Gasteiger partial charge in [0.25, 0.3) is 0 Å². The number of hydrogen-bond acceptors (Lipinski definition) is 5. The molecule has 2 atom stereocenters. The van der Waals surface area contributed by atoms with Gasteiger partial charge in [0.15, 0.2) is 0 Å². The third-order valence-corrected chi connectivity index (χ3v) is 10.1. The SMILES string of the molecule is C[C@H]1CCC(c2ccccc2)S(=O)(=O)N1Cc1cc(F)c(C2(Cn3cn[nH]c3=O)CC(C)(O)C2)cc1F. The second-order valence-corrected chi connectivity index (χ2v) is 12.8. The number of aliphatic hydroxyl groups is 1. The summed E-state index contributed by atoms with van der Waals surface area (Å²) in [7, 11) is -3.82. The molecular weight excluding hydrogens is 502 g/mol. The van der Waals surface area contributed by atoms with Crippen molar-refractivity contribution >= 4 is 10.0 Å². The number of sulfonamides is 1. The summed E-state index contributed by atoms with van der Waals surface area (Å²) >= 11 is 0. The molecule has 1 aliphatic heterocycles. The molecule has 3 aromatic rings. The number of aromatic nitrogens is 3. The van der Waals surface area contributed by atoms with Crippen LogP contribution in [0.2, 0.25) is 0 Å². The number of H-pyrrole nitrogens is 1. The molecule has 2 aromatic carbocycles. The first-order valence-corrected chi connectivity index (χ1v) is 13.8. The van der Waals surface area contributed by atoms with Crippen molar-refractivity contribution < 1.29 is 22.3 Å². The standard InChI is InChI=1S/C26H30F2N4O4S/c1-17-8-9-23(18-6-4-3-5-7-18)37(35,36)32(17)12-19-10-22(28)20(11-21(19)27)26(13-25(2,34)14-26)15-31-16-29-30-24(31)33/h3-7,10-11,16-17,23,34H,8-9,12-15H2,1-2H3,(H,30,33)/t17-,23?,25?,26?/m0/s1. The highest BCUT2D eigenvalue weighted by molar-refractivity contribution is 7.89. The fourth-order valence-corrected chi connectivity index (χ4v) is 8.33. The Balaban J connectivity index is 1.47. The van der Waals surface area contributed by atoms with Crippen LogP contribution in [-0.4, -0.2) is 44.2 Å². The van der Waals surface area contributed by atoms with Gasteiger partial charge in [-0.15, -0.1) is 0 Å². The molecule has 1 saturated carbocycles. The van der Waals surface area contributed by atoms with Crippen LogP contribution >= 0.6 is 0 Å². The van der Waals surface area contributed by atoms with Gasteiger partial charge in [-0.2, -0.15) is 9.40 Å². The van der Waals surface area contributed by atoms with E-state index in [1.165, 1.54) is 15.2 Å². The Morgan fingerprint density at radius 2 is 1.84 bits per heavy atom. The van der Waals surface area contributed by atoms with Crippen LogP contribution in [0.25, 0.3) is 0 Å². The van der Waals surface area contributed by atoms with Gasteiger partial charge in [-0.1, -0.05) is 30.3 Å². The van der Waals surface area contributed by atoms with Gasteiger partial charge in [-0.25, -0.2) is 27.1 Å². The summed E-state index contributed by atoms with van der Waals surface area (Å²) in [6, 6.07) is 10.7. The lowest BCUT2D eigenvalue weighted by molar-refractivity contribution is -0.0834. The number of halogens is 2. The molecule has 37 heavy (non-hydrogen) atoms. The molecule has 0 spiro atoms. The van der Waals surface area contributed by atoms with Crippen LogP contribution in [0.4, 0.5) is 8.78 Å². The van der Waals surface area contributed by atoms with Crippen LogP contribution in [0, 0.1) is 11.6 Å². The highest BCUT2D eigenvalue weighted by Gasteiger charge is 2.54. The number of benzene rings is 2. The van der Waals surface area contributed by atoms with E-state index in [1.807, 2.05) is 6.07 Å². The zero-order valence-corrected chi connectivity index (χ0v) is 21.5. The van der Waals surface area contributed by atoms with Crippen LogP contribution in [0.3, 0.4) is 0 Å². The van der Waals surface area contributed by atoms with E-state index in [2.05, 4.69) is 10.2 Å². The van der Waals surface area contributed by atoms with Crippen molar-refractivity contribution in [3.05, 3.63) is 87.6 Å². The Labute approximate surface area is 214 Å². The first-order chi connectivity index (χ1) is 17.4. The van der Waals surface area contributed by atoms with Crippen molar-refractivity contribution in [2.75, 3.05) is 0 Å². The Hall–Kier alpha value is -2.89. The Morgan fingerprint density at radius 1 is 1.14 bits per heavy atom. The van der Waals surface area contributed by atoms with Crippen LogP contribution in [-0.2, 0) is 28.5 Å². The van der Waals surface area contributed by atoms with Gasteiger partial charge >= 0.3 is 5.69 Å². The summed E-state index contributed by atoms with van der Waals surface area (Å²) in [5.41, 5.74) is -1.92. The highest BCUT2D eigenvalue weighted by Crippen LogP contribution is 2.52. The topological polar surface area (TPSA) is 108 Å². The molecule has 2 N–H and O–H groups in total. The van der Waals surface area contributed by atoms with Crippen molar-refractivity contribution in [1.29, 1.82) is 0 Å². The fraction of sp³-hybridized carbons (Fsp3) is 0.462. The largest absolute Gasteiger partial charge is 0.390 e. The molecule has 0 bridgehead atoms. The summed E-state index contributed by atoms with van der Waals surface area (Å²) in [5, 5.41) is 15.7. The molecule has 198 valence electrons. The van der Waals surface area contributed by atoms with E-state index in [0.29, 0.717) is 18.4 Å². The van der Waals surface area contributed by atoms with Gasteiger partial charge in [0.2, 0.25) is 10.0 Å². The van der Waals surface area contributed by atoms with Gasteiger partial charge in [-0.3, -0.25) is 4.57 Å². The number of aromatic amines is 1. The predicted octanol–water partition coefficient (Wildman–Crippen LogP) is 3.39. The molecule has 1 saturated heterocycles. The van der Waals surface area contributed by atoms with Crippen molar-refractivity contribution in [3.8, 4) is 0 Å². The zero-order valence-electron chi connectivity index (χ0n) is 20.7. The van der Waals surface area contributed by atoms with E-state index in [1.54, 1.807) is 38.1 Å². The molecule has 1 aliphatic carbocycles. The smallest absolute Gasteiger partial charge is 0.343 e. The number of hydrogen-bond donors (Lipinski definition) is 2. The van der Waals surface area contributed by atoms with E-state index in [0.717, 1.165) is 12.1 Å². The van der Waals surface area contributed by atoms with Crippen molar-refractivity contribution in [2.24, 2.45) is 0 Å². The average molecular weight is 533 g/mol. The first-order valence-electron chi connectivity index (χ1n) is 12.3. The summed E-state index contributed by atoms with van der Waals surface area (Å²) in [6.45, 7) is 3.11. The Bertz CT molecular complexity index is 1460.